The lowest BCUT2D eigenvalue weighted by Crippen LogP contribution is -2.25. The average molecular weight is 337 g/mol. The minimum atomic E-state index is -0.903. The average Bonchev–Trinajstić information content (AvgIpc) is 2.92. The molecule has 0 unspecified atom stereocenters. The monoisotopic (exact) mass is 337 g/mol. The number of nitrogens with zero attached hydrogens (tertiary/aromatic N) is 1. The molecular weight excluding hydrogens is 326 g/mol. The summed E-state index contributed by atoms with van der Waals surface area (Å²) in [5, 5.41) is 8.64. The Labute approximate surface area is 134 Å². The maximum atomic E-state index is 11.9. The molecule has 22 heavy (non-hydrogen) atoms. The van der Waals surface area contributed by atoms with Gasteiger partial charge in [-0.15, -0.1) is 5.10 Å². The molecule has 9 heteroatoms. The first-order valence-corrected chi connectivity index (χ1v) is 7.29. The standard InChI is InChI=1S/C13H11N3O4S2/c1-20-8-4-2-7(3-5-8)9(17)6-10(18)11(19)14-12-15-16-13(21)22-12/h2-5H,6H2,1H3,(H,16,21)(H,14,15,19). The number of rotatable bonds is 6. The van der Waals surface area contributed by atoms with Crippen molar-refractivity contribution in [3.05, 3.63) is 33.8 Å². The van der Waals surface area contributed by atoms with Crippen molar-refractivity contribution in [1.82, 2.24) is 10.2 Å². The van der Waals surface area contributed by atoms with Crippen molar-refractivity contribution in [3.63, 3.8) is 0 Å². The zero-order chi connectivity index (χ0) is 16.1. The van der Waals surface area contributed by atoms with E-state index in [0.717, 1.165) is 11.3 Å². The van der Waals surface area contributed by atoms with E-state index >= 15 is 0 Å². The Morgan fingerprint density at radius 2 is 2.00 bits per heavy atom. The van der Waals surface area contributed by atoms with Gasteiger partial charge in [0.1, 0.15) is 5.75 Å². The van der Waals surface area contributed by atoms with Crippen molar-refractivity contribution >= 4 is 46.2 Å². The van der Waals surface area contributed by atoms with Crippen LogP contribution in [0.5, 0.6) is 5.75 Å². The van der Waals surface area contributed by atoms with E-state index in [1.165, 1.54) is 19.2 Å². The topological polar surface area (TPSA) is 101 Å². The highest BCUT2D eigenvalue weighted by molar-refractivity contribution is 7.73. The fraction of sp³-hybridized carbons (Fsp3) is 0.154. The third-order valence-corrected chi connectivity index (χ3v) is 3.65. The van der Waals surface area contributed by atoms with Crippen LogP contribution in [0.3, 0.4) is 0 Å². The molecule has 2 aromatic rings. The highest BCUT2D eigenvalue weighted by Crippen LogP contribution is 2.14. The number of Topliss-reactive ketones (excluding diaryl/α,β-unsaturated/α-hetero) is 2. The first kappa shape index (κ1) is 16.0. The number of hydrogen-bond donors (Lipinski definition) is 2. The summed E-state index contributed by atoms with van der Waals surface area (Å²) in [5.41, 5.74) is 0.331. The molecule has 1 amide bonds. The Morgan fingerprint density at radius 3 is 2.55 bits per heavy atom. The summed E-state index contributed by atoms with van der Waals surface area (Å²) in [5.74, 6) is -1.60. The Hall–Kier alpha value is -2.39. The second-order valence-electron chi connectivity index (χ2n) is 4.12. The van der Waals surface area contributed by atoms with Gasteiger partial charge in [-0.1, -0.05) is 11.3 Å². The number of nitrogens with one attached hydrogen (secondary N) is 2. The van der Waals surface area contributed by atoms with E-state index < -0.39 is 23.9 Å². The number of anilines is 1. The van der Waals surface area contributed by atoms with Gasteiger partial charge in [-0.25, -0.2) is 0 Å². The Kier molecular flexibility index (Phi) is 5.12. The first-order chi connectivity index (χ1) is 10.5. The largest absolute Gasteiger partial charge is 0.497 e. The quantitative estimate of drug-likeness (QED) is 0.362. The number of H-pyrrole nitrogens is 1. The molecule has 0 saturated heterocycles. The molecule has 0 bridgehead atoms. The molecule has 0 aliphatic heterocycles. The molecule has 2 N–H and O–H groups in total. The molecule has 0 atom stereocenters. The molecule has 7 nitrogen and oxygen atoms in total. The number of amides is 1. The van der Waals surface area contributed by atoms with Gasteiger partial charge in [0.15, 0.2) is 9.74 Å². The number of benzene rings is 1. The van der Waals surface area contributed by atoms with Crippen LogP contribution in [0, 0.1) is 3.95 Å². The molecule has 114 valence electrons. The van der Waals surface area contributed by atoms with Crippen molar-refractivity contribution in [2.45, 2.75) is 6.42 Å². The highest BCUT2D eigenvalue weighted by Gasteiger charge is 2.20. The van der Waals surface area contributed by atoms with Crippen LogP contribution >= 0.6 is 23.6 Å². The molecule has 0 aliphatic rings. The van der Waals surface area contributed by atoms with Crippen molar-refractivity contribution in [1.29, 1.82) is 0 Å². The SMILES string of the molecule is COc1ccc(C(=O)CC(=O)C(=O)Nc2n[nH]c(=S)s2)cc1. The van der Waals surface area contributed by atoms with E-state index in [1.807, 2.05) is 0 Å². The molecule has 1 aromatic carbocycles. The van der Waals surface area contributed by atoms with Crippen molar-refractivity contribution < 1.29 is 19.1 Å². The lowest BCUT2D eigenvalue weighted by Gasteiger charge is -2.03. The molecular formula is C13H11N3O4S2. The van der Waals surface area contributed by atoms with Gasteiger partial charge in [0.05, 0.1) is 13.5 Å². The lowest BCUT2D eigenvalue weighted by atomic mass is 10.1. The maximum absolute atomic E-state index is 11.9. The molecule has 0 spiro atoms. The Balaban J connectivity index is 1.96. The summed E-state index contributed by atoms with van der Waals surface area (Å²) in [6, 6.07) is 6.28. The number of carbonyl (C=O) groups is 3. The molecule has 0 radical (unpaired) electrons. The number of hydrogen-bond acceptors (Lipinski definition) is 7. The lowest BCUT2D eigenvalue weighted by molar-refractivity contribution is -0.134. The molecule has 0 aliphatic carbocycles. The summed E-state index contributed by atoms with van der Waals surface area (Å²) in [7, 11) is 1.51. The van der Waals surface area contributed by atoms with Crippen molar-refractivity contribution in [2.75, 3.05) is 12.4 Å². The fourth-order valence-corrected chi connectivity index (χ4v) is 2.34. The van der Waals surface area contributed by atoms with Crippen molar-refractivity contribution in [2.24, 2.45) is 0 Å². The van der Waals surface area contributed by atoms with Gasteiger partial charge in [-0.2, -0.15) is 0 Å². The number of methoxy groups -OCH3 is 1. The second kappa shape index (κ2) is 7.05. The van der Waals surface area contributed by atoms with Gasteiger partial charge in [-0.05, 0) is 36.5 Å². The van der Waals surface area contributed by atoms with E-state index in [1.54, 1.807) is 12.1 Å². The van der Waals surface area contributed by atoms with Crippen LogP contribution in [0.1, 0.15) is 16.8 Å². The van der Waals surface area contributed by atoms with Crippen LogP contribution in [-0.2, 0) is 9.59 Å². The molecule has 0 fully saturated rings. The third kappa shape index (κ3) is 4.06. The predicted molar refractivity (Wildman–Crippen MR) is 82.9 cm³/mol. The van der Waals surface area contributed by atoms with Crippen LogP contribution in [0.4, 0.5) is 5.13 Å². The number of aromatic amines is 1. The zero-order valence-corrected chi connectivity index (χ0v) is 13.0. The molecule has 0 saturated carbocycles. The summed E-state index contributed by atoms with van der Waals surface area (Å²) in [6.07, 6.45) is -0.520. The Morgan fingerprint density at radius 1 is 1.32 bits per heavy atom. The van der Waals surface area contributed by atoms with E-state index in [2.05, 4.69) is 15.5 Å². The van der Waals surface area contributed by atoms with Crippen molar-refractivity contribution in [3.8, 4) is 5.75 Å². The minimum absolute atomic E-state index is 0.181. The maximum Gasteiger partial charge on any atom is 0.294 e. The number of ketones is 2. The number of aromatic nitrogens is 2. The van der Waals surface area contributed by atoms with Gasteiger partial charge in [0.2, 0.25) is 10.9 Å². The van der Waals surface area contributed by atoms with Crippen LogP contribution in [0.15, 0.2) is 24.3 Å². The van der Waals surface area contributed by atoms with Crippen LogP contribution in [0.25, 0.3) is 0 Å². The van der Waals surface area contributed by atoms with E-state index in [-0.39, 0.29) is 5.13 Å². The summed E-state index contributed by atoms with van der Waals surface area (Å²) in [6.45, 7) is 0. The molecule has 1 aromatic heterocycles. The third-order valence-electron chi connectivity index (χ3n) is 2.64. The van der Waals surface area contributed by atoms with Gasteiger partial charge >= 0.3 is 0 Å². The fourth-order valence-electron chi connectivity index (χ4n) is 1.56. The van der Waals surface area contributed by atoms with Gasteiger partial charge in [0, 0.05) is 5.56 Å². The van der Waals surface area contributed by atoms with Gasteiger partial charge < -0.3 is 4.74 Å². The van der Waals surface area contributed by atoms with E-state index in [4.69, 9.17) is 17.0 Å². The van der Waals surface area contributed by atoms with E-state index in [9.17, 15) is 14.4 Å². The van der Waals surface area contributed by atoms with Crippen LogP contribution < -0.4 is 10.1 Å². The van der Waals surface area contributed by atoms with E-state index in [0.29, 0.717) is 15.3 Å². The summed E-state index contributed by atoms with van der Waals surface area (Å²) >= 11 is 5.82. The van der Waals surface area contributed by atoms with Gasteiger partial charge in [-0.3, -0.25) is 24.8 Å². The second-order valence-corrected chi connectivity index (χ2v) is 5.79. The summed E-state index contributed by atoms with van der Waals surface area (Å²) < 4.78 is 5.35. The normalized spacial score (nSPS) is 10.0. The predicted octanol–water partition coefficient (Wildman–Crippen LogP) is 1.99. The summed E-state index contributed by atoms with van der Waals surface area (Å²) in [4.78, 5) is 35.4. The zero-order valence-electron chi connectivity index (χ0n) is 11.4. The Bertz CT molecular complexity index is 764. The molecule has 1 heterocycles. The first-order valence-electron chi connectivity index (χ1n) is 6.06. The number of ether oxygens (including phenoxy) is 1. The molecule has 2 rings (SSSR count). The van der Waals surface area contributed by atoms with Gasteiger partial charge in [0.25, 0.3) is 5.91 Å². The highest BCUT2D eigenvalue weighted by atomic mass is 32.1. The minimum Gasteiger partial charge on any atom is -0.497 e. The smallest absolute Gasteiger partial charge is 0.294 e. The van der Waals surface area contributed by atoms with Crippen LogP contribution in [-0.4, -0.2) is 34.8 Å². The van der Waals surface area contributed by atoms with Crippen LogP contribution in [0.2, 0.25) is 0 Å². The number of carbonyl (C=O) groups excluding carboxylic acids is 3.